The van der Waals surface area contributed by atoms with Crippen LogP contribution in [0.25, 0.3) is 0 Å². The summed E-state index contributed by atoms with van der Waals surface area (Å²) in [5.41, 5.74) is 0.221. The van der Waals surface area contributed by atoms with E-state index >= 15 is 0 Å². The van der Waals surface area contributed by atoms with Crippen LogP contribution in [0.15, 0.2) is 42.5 Å². The van der Waals surface area contributed by atoms with Crippen molar-refractivity contribution in [1.82, 2.24) is 4.90 Å². The van der Waals surface area contributed by atoms with Gasteiger partial charge in [-0.2, -0.15) is 13.2 Å². The molecule has 0 N–H and O–H groups in total. The molecule has 0 aromatic heterocycles. The molecule has 0 aliphatic carbocycles. The molecule has 0 spiro atoms. The highest BCUT2D eigenvalue weighted by Gasteiger charge is 2.31. The van der Waals surface area contributed by atoms with Crippen LogP contribution in [-0.2, 0) is 11.0 Å². The summed E-state index contributed by atoms with van der Waals surface area (Å²) >= 11 is 0. The van der Waals surface area contributed by atoms with Gasteiger partial charge in [-0.3, -0.25) is 14.9 Å². The van der Waals surface area contributed by atoms with E-state index in [1.165, 1.54) is 23.1 Å². The summed E-state index contributed by atoms with van der Waals surface area (Å²) in [7, 11) is 0. The summed E-state index contributed by atoms with van der Waals surface area (Å²) in [4.78, 5) is 26.3. The van der Waals surface area contributed by atoms with Crippen LogP contribution in [-0.4, -0.2) is 48.5 Å². The third-order valence-electron chi connectivity index (χ3n) is 4.83. The number of piperazine rings is 1. The van der Waals surface area contributed by atoms with Gasteiger partial charge in [-0.1, -0.05) is 12.1 Å². The van der Waals surface area contributed by atoms with E-state index in [0.717, 1.165) is 12.1 Å². The molecule has 1 amide bonds. The minimum absolute atomic E-state index is 0.0153. The molecule has 1 aliphatic rings. The Morgan fingerprint density at radius 1 is 1.13 bits per heavy atom. The lowest BCUT2D eigenvalue weighted by molar-refractivity contribution is -0.385. The zero-order valence-corrected chi connectivity index (χ0v) is 16.2. The second kappa shape index (κ2) is 8.60. The van der Waals surface area contributed by atoms with Crippen LogP contribution >= 0.6 is 0 Å². The maximum atomic E-state index is 12.9. The van der Waals surface area contributed by atoms with E-state index in [1.54, 1.807) is 24.0 Å². The molecule has 1 aliphatic heterocycles. The summed E-state index contributed by atoms with van der Waals surface area (Å²) in [6.45, 7) is 2.73. The van der Waals surface area contributed by atoms with Gasteiger partial charge in [0.15, 0.2) is 12.4 Å². The number of carbonyl (C=O) groups is 1. The molecule has 7 nitrogen and oxygen atoms in total. The highest BCUT2D eigenvalue weighted by Crippen LogP contribution is 2.32. The number of benzene rings is 2. The van der Waals surface area contributed by atoms with E-state index < -0.39 is 16.7 Å². The summed E-state index contributed by atoms with van der Waals surface area (Å²) in [6, 6.07) is 9.55. The Morgan fingerprint density at radius 2 is 1.83 bits per heavy atom. The first-order valence-corrected chi connectivity index (χ1v) is 9.23. The summed E-state index contributed by atoms with van der Waals surface area (Å²) in [5.74, 6) is -0.324. The Labute approximate surface area is 170 Å². The molecule has 0 bridgehead atoms. The van der Waals surface area contributed by atoms with Crippen molar-refractivity contribution < 1.29 is 27.6 Å². The number of nitrogens with zero attached hydrogens (tertiary/aromatic N) is 3. The lowest BCUT2D eigenvalue weighted by Gasteiger charge is -2.36. The van der Waals surface area contributed by atoms with E-state index in [4.69, 9.17) is 4.74 Å². The van der Waals surface area contributed by atoms with Crippen LogP contribution in [0.2, 0.25) is 0 Å². The topological polar surface area (TPSA) is 75.9 Å². The molecule has 0 unspecified atom stereocenters. The molecule has 0 atom stereocenters. The molecular weight excluding hydrogens is 403 g/mol. The fourth-order valence-corrected chi connectivity index (χ4v) is 3.22. The van der Waals surface area contributed by atoms with Crippen molar-refractivity contribution in [2.24, 2.45) is 0 Å². The number of rotatable bonds is 5. The third kappa shape index (κ3) is 5.00. The highest BCUT2D eigenvalue weighted by molar-refractivity contribution is 5.78. The molecule has 1 heterocycles. The second-order valence-electron chi connectivity index (χ2n) is 6.93. The number of hydrogen-bond donors (Lipinski definition) is 0. The number of nitro benzene ring substituents is 1. The Morgan fingerprint density at radius 3 is 2.47 bits per heavy atom. The highest BCUT2D eigenvalue weighted by atomic mass is 19.4. The first kappa shape index (κ1) is 21.4. The number of amides is 1. The van der Waals surface area contributed by atoms with Crippen molar-refractivity contribution >= 4 is 17.3 Å². The van der Waals surface area contributed by atoms with Gasteiger partial charge < -0.3 is 14.5 Å². The molecule has 10 heteroatoms. The number of ether oxygens (including phenoxy) is 1. The Hall–Kier alpha value is -3.30. The maximum Gasteiger partial charge on any atom is 0.416 e. The average Bonchev–Trinajstić information content (AvgIpc) is 2.72. The Balaban J connectivity index is 1.57. The van der Waals surface area contributed by atoms with E-state index in [9.17, 15) is 28.1 Å². The largest absolute Gasteiger partial charge is 0.477 e. The minimum atomic E-state index is -4.41. The van der Waals surface area contributed by atoms with E-state index in [1.807, 2.05) is 0 Å². The third-order valence-corrected chi connectivity index (χ3v) is 4.83. The van der Waals surface area contributed by atoms with Crippen molar-refractivity contribution in [2.45, 2.75) is 13.1 Å². The van der Waals surface area contributed by atoms with Gasteiger partial charge in [0.05, 0.1) is 10.5 Å². The van der Waals surface area contributed by atoms with E-state index in [-0.39, 0.29) is 24.0 Å². The van der Waals surface area contributed by atoms with E-state index in [0.29, 0.717) is 37.4 Å². The molecule has 1 saturated heterocycles. The van der Waals surface area contributed by atoms with Crippen LogP contribution in [0, 0.1) is 17.0 Å². The monoisotopic (exact) mass is 423 g/mol. The number of alkyl halides is 3. The van der Waals surface area contributed by atoms with Gasteiger partial charge >= 0.3 is 11.9 Å². The zero-order chi connectivity index (χ0) is 21.9. The standard InChI is InChI=1S/C20H20F3N3O4/c1-14-5-6-18(17(11-14)26(28)29)30-13-19(27)25-9-7-24(8-10-25)16-4-2-3-15(12-16)20(21,22)23/h2-6,11-12H,7-10,13H2,1H3. The lowest BCUT2D eigenvalue weighted by atomic mass is 10.1. The van der Waals surface area contributed by atoms with Gasteiger partial charge in [-0.25, -0.2) is 0 Å². The molecule has 0 radical (unpaired) electrons. The molecule has 30 heavy (non-hydrogen) atoms. The maximum absolute atomic E-state index is 12.9. The van der Waals surface area contributed by atoms with Crippen molar-refractivity contribution in [3.8, 4) is 5.75 Å². The first-order valence-electron chi connectivity index (χ1n) is 9.23. The van der Waals surface area contributed by atoms with Gasteiger partial charge in [-0.05, 0) is 36.8 Å². The second-order valence-corrected chi connectivity index (χ2v) is 6.93. The number of hydrogen-bond acceptors (Lipinski definition) is 5. The van der Waals surface area contributed by atoms with Crippen molar-refractivity contribution in [3.63, 3.8) is 0 Å². The van der Waals surface area contributed by atoms with Crippen LogP contribution in [0.3, 0.4) is 0 Å². The zero-order valence-electron chi connectivity index (χ0n) is 16.2. The molecule has 2 aromatic carbocycles. The minimum Gasteiger partial charge on any atom is -0.477 e. The number of nitro groups is 1. The fraction of sp³-hybridized carbons (Fsp3) is 0.350. The van der Waals surface area contributed by atoms with Crippen LogP contribution in [0.5, 0.6) is 5.75 Å². The molecule has 2 aromatic rings. The quantitative estimate of drug-likeness (QED) is 0.542. The molecular formula is C20H20F3N3O4. The van der Waals surface area contributed by atoms with Crippen molar-refractivity contribution in [1.29, 1.82) is 0 Å². The Bertz CT molecular complexity index is 941. The number of carbonyl (C=O) groups excluding carboxylic acids is 1. The van der Waals surface area contributed by atoms with Crippen LogP contribution in [0.4, 0.5) is 24.5 Å². The van der Waals surface area contributed by atoms with Gasteiger partial charge in [0, 0.05) is 37.9 Å². The van der Waals surface area contributed by atoms with Crippen molar-refractivity contribution in [2.75, 3.05) is 37.7 Å². The van der Waals surface area contributed by atoms with Crippen LogP contribution in [0.1, 0.15) is 11.1 Å². The predicted octanol–water partition coefficient (Wildman–Crippen LogP) is 3.65. The molecule has 160 valence electrons. The SMILES string of the molecule is Cc1ccc(OCC(=O)N2CCN(c3cccc(C(F)(F)F)c3)CC2)c([N+](=O)[O-])c1. The smallest absolute Gasteiger partial charge is 0.416 e. The van der Waals surface area contributed by atoms with Gasteiger partial charge in [0.2, 0.25) is 0 Å². The number of anilines is 1. The van der Waals surface area contributed by atoms with Gasteiger partial charge in [0.1, 0.15) is 0 Å². The van der Waals surface area contributed by atoms with E-state index in [2.05, 4.69) is 0 Å². The normalized spacial score (nSPS) is 14.5. The first-order chi connectivity index (χ1) is 14.1. The summed E-state index contributed by atoms with van der Waals surface area (Å²) in [6.07, 6.45) is -4.41. The van der Waals surface area contributed by atoms with Crippen molar-refractivity contribution in [3.05, 3.63) is 63.7 Å². The Kier molecular flexibility index (Phi) is 6.14. The number of halogens is 3. The van der Waals surface area contributed by atoms with Gasteiger partial charge in [-0.15, -0.1) is 0 Å². The van der Waals surface area contributed by atoms with Gasteiger partial charge in [0.25, 0.3) is 5.91 Å². The molecule has 1 fully saturated rings. The van der Waals surface area contributed by atoms with Crippen LogP contribution < -0.4 is 9.64 Å². The number of aryl methyl sites for hydroxylation is 1. The summed E-state index contributed by atoms with van der Waals surface area (Å²) < 4.78 is 44.1. The summed E-state index contributed by atoms with van der Waals surface area (Å²) in [5, 5.41) is 11.1. The lowest BCUT2D eigenvalue weighted by Crippen LogP contribution is -2.50. The predicted molar refractivity (Wildman–Crippen MR) is 104 cm³/mol. The fourth-order valence-electron chi connectivity index (χ4n) is 3.22. The molecule has 3 rings (SSSR count). The molecule has 0 saturated carbocycles. The average molecular weight is 423 g/mol.